The van der Waals surface area contributed by atoms with E-state index in [-0.39, 0.29) is 17.7 Å². The summed E-state index contributed by atoms with van der Waals surface area (Å²) in [6.07, 6.45) is 1.85. The third-order valence-electron chi connectivity index (χ3n) is 3.57. The molecule has 0 bridgehead atoms. The van der Waals surface area contributed by atoms with Gasteiger partial charge in [0.15, 0.2) is 0 Å². The van der Waals surface area contributed by atoms with E-state index in [1.807, 2.05) is 0 Å². The van der Waals surface area contributed by atoms with E-state index in [1.165, 1.54) is 6.07 Å². The SMILES string of the molecule is FC1(F)CO[C@H]([C@@H]2CCCN2)c2ccccc21. The topological polar surface area (TPSA) is 21.3 Å². The van der Waals surface area contributed by atoms with Crippen molar-refractivity contribution in [2.24, 2.45) is 0 Å². The zero-order chi connectivity index (χ0) is 11.9. The molecular weight excluding hydrogens is 224 g/mol. The fourth-order valence-corrected chi connectivity index (χ4v) is 2.74. The normalized spacial score (nSPS) is 31.2. The number of alkyl halides is 2. The number of rotatable bonds is 1. The second-order valence-electron chi connectivity index (χ2n) is 4.73. The van der Waals surface area contributed by atoms with Crippen LogP contribution in [0.15, 0.2) is 24.3 Å². The lowest BCUT2D eigenvalue weighted by Gasteiger charge is -2.34. The summed E-state index contributed by atoms with van der Waals surface area (Å²) < 4.78 is 32.8. The molecule has 1 saturated heterocycles. The fourth-order valence-electron chi connectivity index (χ4n) is 2.74. The first kappa shape index (κ1) is 11.1. The summed E-state index contributed by atoms with van der Waals surface area (Å²) in [6, 6.07) is 6.91. The van der Waals surface area contributed by atoms with Crippen LogP contribution in [0, 0.1) is 0 Å². The second-order valence-corrected chi connectivity index (χ2v) is 4.73. The van der Waals surface area contributed by atoms with Gasteiger partial charge in [-0.1, -0.05) is 24.3 Å². The van der Waals surface area contributed by atoms with E-state index in [0.717, 1.165) is 19.4 Å². The molecule has 0 amide bonds. The Morgan fingerprint density at radius 1 is 1.29 bits per heavy atom. The molecule has 92 valence electrons. The maximum absolute atomic E-state index is 13.7. The lowest BCUT2D eigenvalue weighted by molar-refractivity contribution is -0.130. The molecule has 2 nitrogen and oxygen atoms in total. The van der Waals surface area contributed by atoms with Gasteiger partial charge in [0.25, 0.3) is 5.92 Å². The molecule has 2 aliphatic heterocycles. The van der Waals surface area contributed by atoms with Crippen molar-refractivity contribution in [3.63, 3.8) is 0 Å². The van der Waals surface area contributed by atoms with Crippen LogP contribution in [0.1, 0.15) is 30.1 Å². The molecule has 0 radical (unpaired) electrons. The minimum Gasteiger partial charge on any atom is -0.365 e. The lowest BCUT2D eigenvalue weighted by Crippen LogP contribution is -2.38. The van der Waals surface area contributed by atoms with Crippen LogP contribution in [0.4, 0.5) is 8.78 Å². The molecule has 4 heteroatoms. The summed E-state index contributed by atoms with van der Waals surface area (Å²) >= 11 is 0. The van der Waals surface area contributed by atoms with Crippen molar-refractivity contribution in [1.82, 2.24) is 5.32 Å². The highest BCUT2D eigenvalue weighted by Crippen LogP contribution is 2.42. The van der Waals surface area contributed by atoms with Crippen LogP contribution in [0.25, 0.3) is 0 Å². The number of nitrogens with one attached hydrogen (secondary N) is 1. The largest absolute Gasteiger partial charge is 0.365 e. The van der Waals surface area contributed by atoms with Crippen molar-refractivity contribution >= 4 is 0 Å². The molecule has 0 aromatic heterocycles. The van der Waals surface area contributed by atoms with E-state index in [9.17, 15) is 8.78 Å². The number of hydrogen-bond acceptors (Lipinski definition) is 2. The number of hydrogen-bond donors (Lipinski definition) is 1. The van der Waals surface area contributed by atoms with Gasteiger partial charge in [-0.15, -0.1) is 0 Å². The van der Waals surface area contributed by atoms with Crippen molar-refractivity contribution in [1.29, 1.82) is 0 Å². The Hall–Kier alpha value is -1.00. The lowest BCUT2D eigenvalue weighted by atomic mass is 9.91. The first-order valence-corrected chi connectivity index (χ1v) is 6.01. The van der Waals surface area contributed by atoms with Crippen LogP contribution in [0.2, 0.25) is 0 Å². The van der Waals surface area contributed by atoms with Gasteiger partial charge in [-0.25, -0.2) is 0 Å². The van der Waals surface area contributed by atoms with Gasteiger partial charge in [-0.2, -0.15) is 8.78 Å². The molecule has 0 saturated carbocycles. The first-order chi connectivity index (χ1) is 8.18. The molecule has 0 unspecified atom stereocenters. The Morgan fingerprint density at radius 2 is 2.12 bits per heavy atom. The maximum atomic E-state index is 13.7. The third kappa shape index (κ3) is 1.85. The van der Waals surface area contributed by atoms with Crippen molar-refractivity contribution in [2.75, 3.05) is 13.2 Å². The van der Waals surface area contributed by atoms with E-state index in [4.69, 9.17) is 4.74 Å². The smallest absolute Gasteiger partial charge is 0.296 e. The van der Waals surface area contributed by atoms with E-state index < -0.39 is 12.5 Å². The van der Waals surface area contributed by atoms with E-state index in [0.29, 0.717) is 5.56 Å². The van der Waals surface area contributed by atoms with Gasteiger partial charge in [-0.3, -0.25) is 0 Å². The molecule has 2 atom stereocenters. The number of halogens is 2. The molecule has 2 aliphatic rings. The van der Waals surface area contributed by atoms with Gasteiger partial charge >= 0.3 is 0 Å². The quantitative estimate of drug-likeness (QED) is 0.813. The van der Waals surface area contributed by atoms with Gasteiger partial charge in [-0.05, 0) is 24.9 Å². The molecule has 1 fully saturated rings. The molecule has 1 aromatic rings. The van der Waals surface area contributed by atoms with Crippen LogP contribution in [0.5, 0.6) is 0 Å². The summed E-state index contributed by atoms with van der Waals surface area (Å²) in [5.74, 6) is -2.86. The molecule has 0 aliphatic carbocycles. The molecule has 17 heavy (non-hydrogen) atoms. The Labute approximate surface area is 99.0 Å². The Morgan fingerprint density at radius 3 is 2.88 bits per heavy atom. The summed E-state index contributed by atoms with van der Waals surface area (Å²) in [4.78, 5) is 0. The average Bonchev–Trinajstić information content (AvgIpc) is 2.83. The molecule has 2 heterocycles. The minimum absolute atomic E-state index is 0.130. The van der Waals surface area contributed by atoms with Gasteiger partial charge in [0.2, 0.25) is 0 Å². The number of fused-ring (bicyclic) bond motifs is 1. The zero-order valence-corrected chi connectivity index (χ0v) is 9.46. The number of benzene rings is 1. The van der Waals surface area contributed by atoms with Gasteiger partial charge in [0.05, 0.1) is 6.10 Å². The van der Waals surface area contributed by atoms with Gasteiger partial charge < -0.3 is 10.1 Å². The molecule has 1 N–H and O–H groups in total. The third-order valence-corrected chi connectivity index (χ3v) is 3.57. The van der Waals surface area contributed by atoms with Gasteiger partial charge in [0.1, 0.15) is 6.61 Å². The van der Waals surface area contributed by atoms with Crippen molar-refractivity contribution in [3.8, 4) is 0 Å². The summed E-state index contributed by atoms with van der Waals surface area (Å²) in [5, 5.41) is 3.32. The molecule has 3 rings (SSSR count). The monoisotopic (exact) mass is 239 g/mol. The predicted octanol–water partition coefficient (Wildman–Crippen LogP) is 2.60. The highest BCUT2D eigenvalue weighted by Gasteiger charge is 2.43. The van der Waals surface area contributed by atoms with Crippen molar-refractivity contribution in [2.45, 2.75) is 30.9 Å². The van der Waals surface area contributed by atoms with Gasteiger partial charge in [0, 0.05) is 11.6 Å². The van der Waals surface area contributed by atoms with E-state index in [2.05, 4.69) is 5.32 Å². The predicted molar refractivity (Wildman–Crippen MR) is 60.1 cm³/mol. The summed E-state index contributed by atoms with van der Waals surface area (Å²) in [5.41, 5.74) is 0.771. The highest BCUT2D eigenvalue weighted by atomic mass is 19.3. The van der Waals surface area contributed by atoms with Crippen LogP contribution in [-0.2, 0) is 10.7 Å². The average molecular weight is 239 g/mol. The van der Waals surface area contributed by atoms with E-state index in [1.54, 1.807) is 18.2 Å². The summed E-state index contributed by atoms with van der Waals surface area (Å²) in [7, 11) is 0. The van der Waals surface area contributed by atoms with Crippen LogP contribution in [0.3, 0.4) is 0 Å². The fraction of sp³-hybridized carbons (Fsp3) is 0.538. The Bertz CT molecular complexity index is 416. The molecule has 0 spiro atoms. The second kappa shape index (κ2) is 4.03. The van der Waals surface area contributed by atoms with Crippen molar-refractivity contribution in [3.05, 3.63) is 35.4 Å². The van der Waals surface area contributed by atoms with Crippen LogP contribution in [-0.4, -0.2) is 19.2 Å². The van der Waals surface area contributed by atoms with Crippen LogP contribution >= 0.6 is 0 Å². The van der Waals surface area contributed by atoms with E-state index >= 15 is 0 Å². The van der Waals surface area contributed by atoms with Crippen LogP contribution < -0.4 is 5.32 Å². The van der Waals surface area contributed by atoms with Crippen molar-refractivity contribution < 1.29 is 13.5 Å². The standard InChI is InChI=1S/C13H15F2NO/c14-13(15)8-17-12(11-6-3-7-16-11)9-4-1-2-5-10(9)13/h1-2,4-5,11-12,16H,3,6-8H2/t11-,12-/m0/s1. The number of ether oxygens (including phenoxy) is 1. The molecular formula is C13H15F2NO. The summed E-state index contributed by atoms with van der Waals surface area (Å²) in [6.45, 7) is 0.440. The minimum atomic E-state index is -2.86. The molecule has 1 aromatic carbocycles. The Balaban J connectivity index is 1.99. The Kier molecular flexibility index (Phi) is 2.64. The highest BCUT2D eigenvalue weighted by molar-refractivity contribution is 5.35. The maximum Gasteiger partial charge on any atom is 0.296 e. The first-order valence-electron chi connectivity index (χ1n) is 6.01. The zero-order valence-electron chi connectivity index (χ0n) is 9.46.